The number of fused-ring (bicyclic) bond motifs is 5. The smallest absolute Gasteiger partial charge is 0.314 e. The van der Waals surface area contributed by atoms with Gasteiger partial charge in [0.2, 0.25) is 0 Å². The first kappa shape index (κ1) is 19.8. The number of ether oxygens (including phenoxy) is 2. The molecule has 4 aliphatic carbocycles. The molecule has 2 heterocycles. The van der Waals surface area contributed by atoms with Crippen LogP contribution < -0.4 is 0 Å². The third-order valence-corrected chi connectivity index (χ3v) is 11.0. The van der Waals surface area contributed by atoms with Crippen LogP contribution in [0.1, 0.15) is 78.1 Å². The van der Waals surface area contributed by atoms with Gasteiger partial charge in [0.1, 0.15) is 6.10 Å². The second-order valence-electron chi connectivity index (χ2n) is 12.0. The van der Waals surface area contributed by atoms with Crippen LogP contribution in [0.15, 0.2) is 11.8 Å². The van der Waals surface area contributed by atoms with Gasteiger partial charge in [0, 0.05) is 5.41 Å². The zero-order valence-corrected chi connectivity index (χ0v) is 18.4. The van der Waals surface area contributed by atoms with Gasteiger partial charge in [-0.1, -0.05) is 13.8 Å². The summed E-state index contributed by atoms with van der Waals surface area (Å²) < 4.78 is 10.7. The standard InChI is InChI=1S/C25H36O5/c1-22-9-10-24(27,20-14-29-20)12-16(22)3-4-19-18(22)5-7-23(2)17(6-8-25(19,23)28)15-11-21(26)30-13-15/h13,16-20,27-28H,3-12,14H2,1-2H3/t16-,17-,18+,19-,20?,22+,23-,24+,25+/m1/s1. The normalized spacial score (nSPS) is 57.1. The Morgan fingerprint density at radius 1 is 1.00 bits per heavy atom. The first-order chi connectivity index (χ1) is 14.2. The van der Waals surface area contributed by atoms with Gasteiger partial charge in [-0.25, -0.2) is 0 Å². The van der Waals surface area contributed by atoms with Crippen LogP contribution in [-0.4, -0.2) is 40.1 Å². The number of hydrogen-bond donors (Lipinski definition) is 2. The van der Waals surface area contributed by atoms with E-state index in [0.717, 1.165) is 63.4 Å². The highest BCUT2D eigenvalue weighted by Crippen LogP contribution is 2.70. The van der Waals surface area contributed by atoms with Crippen LogP contribution in [-0.2, 0) is 14.3 Å². The van der Waals surface area contributed by atoms with Crippen molar-refractivity contribution in [1.29, 1.82) is 0 Å². The van der Waals surface area contributed by atoms with Crippen LogP contribution in [0.2, 0.25) is 0 Å². The summed E-state index contributed by atoms with van der Waals surface area (Å²) in [5, 5.41) is 23.4. The average molecular weight is 417 g/mol. The van der Waals surface area contributed by atoms with Gasteiger partial charge in [0.25, 0.3) is 0 Å². The van der Waals surface area contributed by atoms with Crippen molar-refractivity contribution in [3.05, 3.63) is 11.8 Å². The molecule has 2 aliphatic heterocycles. The summed E-state index contributed by atoms with van der Waals surface area (Å²) >= 11 is 0. The van der Waals surface area contributed by atoms with Gasteiger partial charge in [-0.15, -0.1) is 0 Å². The van der Waals surface area contributed by atoms with E-state index in [1.165, 1.54) is 0 Å². The number of carbonyl (C=O) groups is 1. The maximum Gasteiger partial charge on any atom is 0.314 e. The topological polar surface area (TPSA) is 79.3 Å². The zero-order valence-electron chi connectivity index (χ0n) is 18.4. The molecule has 5 nitrogen and oxygen atoms in total. The summed E-state index contributed by atoms with van der Waals surface area (Å²) in [5.41, 5.74) is -0.158. The van der Waals surface area contributed by atoms with Crippen molar-refractivity contribution in [2.45, 2.75) is 95.4 Å². The lowest BCUT2D eigenvalue weighted by atomic mass is 9.42. The monoisotopic (exact) mass is 416 g/mol. The molecule has 0 aromatic heterocycles. The molecule has 0 amide bonds. The van der Waals surface area contributed by atoms with Crippen LogP contribution in [0.4, 0.5) is 0 Å². The molecule has 0 radical (unpaired) electrons. The lowest BCUT2D eigenvalue weighted by Gasteiger charge is -2.64. The summed E-state index contributed by atoms with van der Waals surface area (Å²) in [4.78, 5) is 11.7. The van der Waals surface area contributed by atoms with E-state index in [9.17, 15) is 15.0 Å². The Bertz CT molecular complexity index is 803. The molecular formula is C25H36O5. The van der Waals surface area contributed by atoms with Gasteiger partial charge in [-0.05, 0) is 92.4 Å². The molecule has 5 fully saturated rings. The highest BCUT2D eigenvalue weighted by molar-refractivity contribution is 5.76. The SMILES string of the molecule is C[C@]12CC[C@@](O)(C3CO3)C[C@H]1CC[C@@H]1[C@@H]2CC[C@]2(C)[C@@H](C3=COC(=O)C3)CC[C@]12O. The van der Waals surface area contributed by atoms with Gasteiger partial charge in [-0.3, -0.25) is 4.79 Å². The third kappa shape index (κ3) is 2.43. The van der Waals surface area contributed by atoms with Crippen LogP contribution in [0.25, 0.3) is 0 Å². The number of cyclic esters (lactones) is 1. The summed E-state index contributed by atoms with van der Waals surface area (Å²) in [6, 6.07) is 0. The Morgan fingerprint density at radius 3 is 2.50 bits per heavy atom. The van der Waals surface area contributed by atoms with Crippen LogP contribution >= 0.6 is 0 Å². The molecule has 1 saturated heterocycles. The number of rotatable bonds is 2. The van der Waals surface area contributed by atoms with E-state index in [1.807, 2.05) is 0 Å². The molecule has 0 bridgehead atoms. The molecule has 4 saturated carbocycles. The first-order valence-electron chi connectivity index (χ1n) is 12.1. The van der Waals surface area contributed by atoms with E-state index in [0.29, 0.717) is 30.8 Å². The van der Waals surface area contributed by atoms with E-state index in [2.05, 4.69) is 13.8 Å². The minimum Gasteiger partial charge on any atom is -0.434 e. The first-order valence-corrected chi connectivity index (χ1v) is 12.1. The van der Waals surface area contributed by atoms with E-state index in [-0.39, 0.29) is 28.8 Å². The Kier molecular flexibility index (Phi) is 4.02. The van der Waals surface area contributed by atoms with Crippen molar-refractivity contribution in [3.8, 4) is 0 Å². The van der Waals surface area contributed by atoms with Crippen LogP contribution in [0.5, 0.6) is 0 Å². The van der Waals surface area contributed by atoms with Gasteiger partial charge in [-0.2, -0.15) is 0 Å². The maximum absolute atomic E-state index is 12.2. The van der Waals surface area contributed by atoms with E-state index < -0.39 is 11.2 Å². The van der Waals surface area contributed by atoms with E-state index in [1.54, 1.807) is 6.26 Å². The summed E-state index contributed by atoms with van der Waals surface area (Å²) in [5.74, 6) is 1.47. The molecule has 6 aliphatic rings. The zero-order chi connectivity index (χ0) is 20.9. The number of hydrogen-bond acceptors (Lipinski definition) is 5. The number of carbonyl (C=O) groups excluding carboxylic acids is 1. The fourth-order valence-electron chi connectivity index (χ4n) is 9.08. The molecule has 5 heteroatoms. The predicted octanol–water partition coefficient (Wildman–Crippen LogP) is 3.72. The molecular weight excluding hydrogens is 380 g/mol. The number of aliphatic hydroxyl groups is 2. The largest absolute Gasteiger partial charge is 0.434 e. The van der Waals surface area contributed by atoms with Crippen molar-refractivity contribution in [2.24, 2.45) is 34.5 Å². The minimum atomic E-state index is -0.658. The summed E-state index contributed by atoms with van der Waals surface area (Å²) in [6.07, 6.45) is 11.0. The Labute approximate surface area is 179 Å². The van der Waals surface area contributed by atoms with Gasteiger partial charge in [0.05, 0.1) is 30.5 Å². The quantitative estimate of drug-likeness (QED) is 0.530. The van der Waals surface area contributed by atoms with Crippen LogP contribution in [0.3, 0.4) is 0 Å². The van der Waals surface area contributed by atoms with Gasteiger partial charge < -0.3 is 19.7 Å². The fraction of sp³-hybridized carbons (Fsp3) is 0.880. The van der Waals surface area contributed by atoms with Crippen molar-refractivity contribution < 1.29 is 24.5 Å². The van der Waals surface area contributed by atoms with Crippen molar-refractivity contribution in [1.82, 2.24) is 0 Å². The second kappa shape index (κ2) is 6.11. The Hall–Kier alpha value is -0.910. The van der Waals surface area contributed by atoms with Crippen molar-refractivity contribution >= 4 is 5.97 Å². The van der Waals surface area contributed by atoms with Crippen LogP contribution in [0, 0.1) is 34.5 Å². The molecule has 0 aromatic rings. The molecule has 166 valence electrons. The lowest BCUT2D eigenvalue weighted by molar-refractivity contribution is -0.216. The Morgan fingerprint density at radius 2 is 1.80 bits per heavy atom. The van der Waals surface area contributed by atoms with Crippen molar-refractivity contribution in [2.75, 3.05) is 6.61 Å². The third-order valence-electron chi connectivity index (χ3n) is 11.0. The fourth-order valence-corrected chi connectivity index (χ4v) is 9.08. The van der Waals surface area contributed by atoms with Gasteiger partial charge in [0.15, 0.2) is 0 Å². The number of esters is 1. The van der Waals surface area contributed by atoms with Crippen molar-refractivity contribution in [3.63, 3.8) is 0 Å². The Balaban J connectivity index is 1.28. The van der Waals surface area contributed by atoms with E-state index in [4.69, 9.17) is 9.47 Å². The molecule has 0 aromatic carbocycles. The highest BCUT2D eigenvalue weighted by Gasteiger charge is 2.68. The average Bonchev–Trinajstić information content (AvgIpc) is 3.43. The van der Waals surface area contributed by atoms with Gasteiger partial charge >= 0.3 is 5.97 Å². The second-order valence-corrected chi connectivity index (χ2v) is 12.0. The molecule has 0 spiro atoms. The predicted molar refractivity (Wildman–Crippen MR) is 110 cm³/mol. The molecule has 6 rings (SSSR count). The van der Waals surface area contributed by atoms with E-state index >= 15 is 0 Å². The molecule has 9 atom stereocenters. The number of epoxide rings is 1. The lowest BCUT2D eigenvalue weighted by Crippen LogP contribution is -2.63. The summed E-state index contributed by atoms with van der Waals surface area (Å²) in [6.45, 7) is 5.45. The minimum absolute atomic E-state index is 0.0545. The maximum atomic E-state index is 12.2. The molecule has 2 N–H and O–H groups in total. The molecule has 1 unspecified atom stereocenters. The summed E-state index contributed by atoms with van der Waals surface area (Å²) in [7, 11) is 0. The molecule has 30 heavy (non-hydrogen) atoms. The highest BCUT2D eigenvalue weighted by atomic mass is 16.6.